The van der Waals surface area contributed by atoms with E-state index in [-0.39, 0.29) is 5.91 Å². The number of amides is 1. The van der Waals surface area contributed by atoms with Crippen LogP contribution in [0.2, 0.25) is 0 Å². The summed E-state index contributed by atoms with van der Waals surface area (Å²) in [7, 11) is 0. The van der Waals surface area contributed by atoms with Crippen molar-refractivity contribution in [3.05, 3.63) is 28.8 Å². The summed E-state index contributed by atoms with van der Waals surface area (Å²) in [6.07, 6.45) is 1.05. The zero-order valence-corrected chi connectivity index (χ0v) is 12.7. The number of nitrogens with zero attached hydrogens (tertiary/aromatic N) is 1. The van der Waals surface area contributed by atoms with E-state index in [0.717, 1.165) is 50.5 Å². The lowest BCUT2D eigenvalue weighted by Gasteiger charge is -2.26. The van der Waals surface area contributed by atoms with E-state index in [1.807, 2.05) is 6.92 Å². The summed E-state index contributed by atoms with van der Waals surface area (Å²) < 4.78 is 5.37. The van der Waals surface area contributed by atoms with E-state index in [2.05, 4.69) is 29.3 Å². The fraction of sp³-hybridized carbons (Fsp3) is 0.562. The first kappa shape index (κ1) is 15.0. The molecule has 0 unspecified atom stereocenters. The van der Waals surface area contributed by atoms with Gasteiger partial charge in [0.25, 0.3) is 0 Å². The highest BCUT2D eigenvalue weighted by atomic mass is 16.5. The van der Waals surface area contributed by atoms with Crippen LogP contribution in [0, 0.1) is 13.8 Å². The van der Waals surface area contributed by atoms with Gasteiger partial charge in [-0.25, -0.2) is 0 Å². The second-order valence-corrected chi connectivity index (χ2v) is 5.48. The minimum Gasteiger partial charge on any atom is -0.379 e. The molecule has 1 aromatic rings. The van der Waals surface area contributed by atoms with Crippen molar-refractivity contribution in [2.45, 2.75) is 27.2 Å². The van der Waals surface area contributed by atoms with Crippen molar-refractivity contribution < 1.29 is 9.53 Å². The Hall–Kier alpha value is -1.39. The van der Waals surface area contributed by atoms with Crippen LogP contribution in [0.5, 0.6) is 0 Å². The van der Waals surface area contributed by atoms with Gasteiger partial charge in [-0.05, 0) is 43.0 Å². The van der Waals surface area contributed by atoms with Gasteiger partial charge in [-0.1, -0.05) is 6.07 Å². The maximum absolute atomic E-state index is 11.2. The van der Waals surface area contributed by atoms with Crippen molar-refractivity contribution in [1.82, 2.24) is 4.90 Å². The third-order valence-electron chi connectivity index (χ3n) is 3.79. The fourth-order valence-electron chi connectivity index (χ4n) is 2.57. The van der Waals surface area contributed by atoms with Gasteiger partial charge in [0, 0.05) is 32.2 Å². The molecule has 0 radical (unpaired) electrons. The molecule has 1 heterocycles. The average Bonchev–Trinajstić information content (AvgIpc) is 2.41. The van der Waals surface area contributed by atoms with Crippen LogP contribution in [0.15, 0.2) is 12.1 Å². The zero-order valence-electron chi connectivity index (χ0n) is 12.7. The summed E-state index contributed by atoms with van der Waals surface area (Å²) in [4.78, 5) is 13.6. The summed E-state index contributed by atoms with van der Waals surface area (Å²) in [6, 6.07) is 4.27. The molecule has 110 valence electrons. The number of hydrogen-bond donors (Lipinski definition) is 1. The Bertz CT molecular complexity index is 480. The van der Waals surface area contributed by atoms with Gasteiger partial charge >= 0.3 is 0 Å². The lowest BCUT2D eigenvalue weighted by molar-refractivity contribution is -0.114. The Kier molecular flexibility index (Phi) is 5.15. The highest BCUT2D eigenvalue weighted by molar-refractivity contribution is 5.89. The van der Waals surface area contributed by atoms with Crippen LogP contribution in [0.25, 0.3) is 0 Å². The monoisotopic (exact) mass is 276 g/mol. The molecular formula is C16H24N2O2. The summed E-state index contributed by atoms with van der Waals surface area (Å²) in [5.41, 5.74) is 4.66. The van der Waals surface area contributed by atoms with Crippen LogP contribution in [-0.2, 0) is 16.0 Å². The van der Waals surface area contributed by atoms with Gasteiger partial charge in [0.2, 0.25) is 5.91 Å². The summed E-state index contributed by atoms with van der Waals surface area (Å²) in [5, 5.41) is 2.88. The average molecular weight is 276 g/mol. The van der Waals surface area contributed by atoms with Crippen LogP contribution in [0.1, 0.15) is 23.6 Å². The molecule has 0 aromatic heterocycles. The SMILES string of the molecule is CC(=O)Nc1cc(C)c(CCN2CCOCC2)cc1C. The maximum Gasteiger partial charge on any atom is 0.221 e. The number of morpholine rings is 1. The maximum atomic E-state index is 11.2. The molecule has 1 aliphatic heterocycles. The molecule has 4 nitrogen and oxygen atoms in total. The minimum atomic E-state index is -0.0198. The summed E-state index contributed by atoms with van der Waals surface area (Å²) in [5.74, 6) is -0.0198. The molecule has 1 saturated heterocycles. The van der Waals surface area contributed by atoms with Crippen LogP contribution >= 0.6 is 0 Å². The molecule has 1 N–H and O–H groups in total. The molecule has 4 heteroatoms. The highest BCUT2D eigenvalue weighted by Gasteiger charge is 2.11. The predicted octanol–water partition coefficient (Wildman–Crippen LogP) is 2.14. The minimum absolute atomic E-state index is 0.0198. The smallest absolute Gasteiger partial charge is 0.221 e. The summed E-state index contributed by atoms with van der Waals surface area (Å²) in [6.45, 7) is 10.5. The van der Waals surface area contributed by atoms with Crippen molar-refractivity contribution in [1.29, 1.82) is 0 Å². The molecule has 1 aromatic carbocycles. The van der Waals surface area contributed by atoms with E-state index >= 15 is 0 Å². The first-order chi connectivity index (χ1) is 9.56. The molecule has 0 atom stereocenters. The topological polar surface area (TPSA) is 41.6 Å². The van der Waals surface area contributed by atoms with Crippen LogP contribution in [0.4, 0.5) is 5.69 Å². The standard InChI is InChI=1S/C16H24N2O2/c1-12-11-16(17-14(3)19)13(2)10-15(12)4-5-18-6-8-20-9-7-18/h10-11H,4-9H2,1-3H3,(H,17,19). The van der Waals surface area contributed by atoms with E-state index in [0.29, 0.717) is 0 Å². The number of aryl methyl sites for hydroxylation is 2. The van der Waals surface area contributed by atoms with Crippen LogP contribution in [-0.4, -0.2) is 43.7 Å². The number of ether oxygens (including phenoxy) is 1. The van der Waals surface area contributed by atoms with E-state index in [4.69, 9.17) is 4.74 Å². The van der Waals surface area contributed by atoms with Gasteiger partial charge < -0.3 is 10.1 Å². The number of anilines is 1. The number of nitrogens with one attached hydrogen (secondary N) is 1. The molecule has 0 spiro atoms. The van der Waals surface area contributed by atoms with Gasteiger partial charge in [0.1, 0.15) is 0 Å². The zero-order chi connectivity index (χ0) is 14.5. The van der Waals surface area contributed by atoms with Gasteiger partial charge in [-0.15, -0.1) is 0 Å². The van der Waals surface area contributed by atoms with Crippen molar-refractivity contribution in [2.24, 2.45) is 0 Å². The lowest BCUT2D eigenvalue weighted by Crippen LogP contribution is -2.37. The first-order valence-electron chi connectivity index (χ1n) is 7.24. The van der Waals surface area contributed by atoms with Crippen molar-refractivity contribution in [3.8, 4) is 0 Å². The normalized spacial score (nSPS) is 16.1. The van der Waals surface area contributed by atoms with Crippen LogP contribution in [0.3, 0.4) is 0 Å². The van der Waals surface area contributed by atoms with E-state index in [1.165, 1.54) is 11.1 Å². The van der Waals surface area contributed by atoms with Gasteiger partial charge in [0.15, 0.2) is 0 Å². The Labute approximate surface area is 121 Å². The molecule has 0 saturated carbocycles. The molecule has 20 heavy (non-hydrogen) atoms. The predicted molar refractivity (Wildman–Crippen MR) is 81.2 cm³/mol. The highest BCUT2D eigenvalue weighted by Crippen LogP contribution is 2.21. The van der Waals surface area contributed by atoms with Crippen molar-refractivity contribution in [3.63, 3.8) is 0 Å². The lowest BCUT2D eigenvalue weighted by atomic mass is 10.0. The molecular weight excluding hydrogens is 252 g/mol. The number of hydrogen-bond acceptors (Lipinski definition) is 3. The van der Waals surface area contributed by atoms with Crippen molar-refractivity contribution >= 4 is 11.6 Å². The fourth-order valence-corrected chi connectivity index (χ4v) is 2.57. The molecule has 0 aliphatic carbocycles. The molecule has 0 bridgehead atoms. The van der Waals surface area contributed by atoms with Crippen LogP contribution < -0.4 is 5.32 Å². The largest absolute Gasteiger partial charge is 0.379 e. The van der Waals surface area contributed by atoms with E-state index < -0.39 is 0 Å². The molecule has 1 fully saturated rings. The Morgan fingerprint density at radius 3 is 2.60 bits per heavy atom. The Morgan fingerprint density at radius 2 is 1.95 bits per heavy atom. The second kappa shape index (κ2) is 6.86. The number of carbonyl (C=O) groups is 1. The van der Waals surface area contributed by atoms with Gasteiger partial charge in [0.05, 0.1) is 13.2 Å². The molecule has 2 rings (SSSR count). The number of rotatable bonds is 4. The Balaban J connectivity index is 2.00. The Morgan fingerprint density at radius 1 is 1.25 bits per heavy atom. The quantitative estimate of drug-likeness (QED) is 0.916. The van der Waals surface area contributed by atoms with Gasteiger partial charge in [-0.3, -0.25) is 9.69 Å². The third kappa shape index (κ3) is 4.05. The number of carbonyl (C=O) groups excluding carboxylic acids is 1. The van der Waals surface area contributed by atoms with E-state index in [9.17, 15) is 4.79 Å². The molecule has 1 aliphatic rings. The third-order valence-corrected chi connectivity index (χ3v) is 3.79. The van der Waals surface area contributed by atoms with E-state index in [1.54, 1.807) is 6.92 Å². The summed E-state index contributed by atoms with van der Waals surface area (Å²) >= 11 is 0. The number of benzene rings is 1. The molecule has 1 amide bonds. The van der Waals surface area contributed by atoms with Crippen molar-refractivity contribution in [2.75, 3.05) is 38.2 Å². The second-order valence-electron chi connectivity index (χ2n) is 5.48. The first-order valence-corrected chi connectivity index (χ1v) is 7.24. The van der Waals surface area contributed by atoms with Gasteiger partial charge in [-0.2, -0.15) is 0 Å².